The Kier molecular flexibility index (Phi) is 3.39. The van der Waals surface area contributed by atoms with Crippen molar-refractivity contribution in [3.8, 4) is 17.2 Å². The Bertz CT molecular complexity index is 662. The van der Waals surface area contributed by atoms with Crippen LogP contribution in [0.15, 0.2) is 34.8 Å². The van der Waals surface area contributed by atoms with E-state index in [2.05, 4.69) is 15.9 Å². The number of hydrogen-bond donors (Lipinski definition) is 0. The zero-order valence-corrected chi connectivity index (χ0v) is 10.4. The van der Waals surface area contributed by atoms with Crippen LogP contribution in [-0.2, 0) is 0 Å². The molecule has 0 heterocycles. The lowest BCUT2D eigenvalue weighted by atomic mass is 9.99. The van der Waals surface area contributed by atoms with Gasteiger partial charge in [0, 0.05) is 17.2 Å². The van der Waals surface area contributed by atoms with Crippen molar-refractivity contribution in [1.82, 2.24) is 0 Å². The Balaban J connectivity index is 2.80. The highest BCUT2D eigenvalue weighted by Crippen LogP contribution is 2.32. The molecule has 0 aliphatic carbocycles. The third-order valence-electron chi connectivity index (χ3n) is 2.40. The van der Waals surface area contributed by atoms with E-state index in [0.717, 1.165) is 6.07 Å². The van der Waals surface area contributed by atoms with Gasteiger partial charge in [0.2, 0.25) is 0 Å². The smallest absolute Gasteiger partial charge is 0.145 e. The van der Waals surface area contributed by atoms with Gasteiger partial charge < -0.3 is 0 Å². The number of halogens is 4. The summed E-state index contributed by atoms with van der Waals surface area (Å²) >= 11 is 2.97. The molecule has 0 aromatic heterocycles. The van der Waals surface area contributed by atoms with Crippen molar-refractivity contribution < 1.29 is 13.2 Å². The highest BCUT2D eigenvalue weighted by molar-refractivity contribution is 9.10. The molecular weight excluding hydrogens is 307 g/mol. The van der Waals surface area contributed by atoms with E-state index >= 15 is 0 Å². The molecule has 0 bridgehead atoms. The molecule has 0 saturated carbocycles. The van der Waals surface area contributed by atoms with Crippen molar-refractivity contribution in [1.29, 1.82) is 5.26 Å². The van der Waals surface area contributed by atoms with Crippen molar-refractivity contribution in [3.05, 3.63) is 57.8 Å². The van der Waals surface area contributed by atoms with E-state index in [0.29, 0.717) is 6.07 Å². The minimum Gasteiger partial charge on any atom is -0.207 e. The first-order chi connectivity index (χ1) is 8.54. The van der Waals surface area contributed by atoms with E-state index < -0.39 is 17.5 Å². The molecule has 0 atom stereocenters. The van der Waals surface area contributed by atoms with Gasteiger partial charge in [0.15, 0.2) is 0 Å². The maximum atomic E-state index is 13.9. The van der Waals surface area contributed by atoms with Crippen LogP contribution >= 0.6 is 15.9 Å². The second kappa shape index (κ2) is 4.83. The first kappa shape index (κ1) is 12.7. The van der Waals surface area contributed by atoms with Crippen LogP contribution in [-0.4, -0.2) is 0 Å². The van der Waals surface area contributed by atoms with Gasteiger partial charge in [-0.3, -0.25) is 0 Å². The molecule has 0 amide bonds. The van der Waals surface area contributed by atoms with Crippen LogP contribution in [0.5, 0.6) is 0 Å². The molecule has 2 rings (SSSR count). The predicted molar refractivity (Wildman–Crippen MR) is 64.2 cm³/mol. The molecule has 0 aliphatic heterocycles. The molecule has 0 aliphatic rings. The molecule has 1 nitrogen and oxygen atoms in total. The van der Waals surface area contributed by atoms with Gasteiger partial charge >= 0.3 is 0 Å². The van der Waals surface area contributed by atoms with Gasteiger partial charge in [0.1, 0.15) is 17.5 Å². The van der Waals surface area contributed by atoms with Crippen LogP contribution in [0.4, 0.5) is 13.2 Å². The molecule has 0 saturated heterocycles. The Morgan fingerprint density at radius 3 is 2.50 bits per heavy atom. The third-order valence-corrected chi connectivity index (χ3v) is 3.01. The van der Waals surface area contributed by atoms with Crippen LogP contribution in [0.3, 0.4) is 0 Å². The van der Waals surface area contributed by atoms with Crippen LogP contribution in [0.1, 0.15) is 5.56 Å². The van der Waals surface area contributed by atoms with Gasteiger partial charge in [-0.1, -0.05) is 12.1 Å². The van der Waals surface area contributed by atoms with Crippen molar-refractivity contribution in [2.75, 3.05) is 0 Å². The second-order valence-corrected chi connectivity index (χ2v) is 4.38. The van der Waals surface area contributed by atoms with E-state index in [4.69, 9.17) is 5.26 Å². The summed E-state index contributed by atoms with van der Waals surface area (Å²) in [6.45, 7) is 0. The summed E-state index contributed by atoms with van der Waals surface area (Å²) < 4.78 is 40.7. The topological polar surface area (TPSA) is 23.8 Å². The van der Waals surface area contributed by atoms with E-state index in [1.807, 2.05) is 0 Å². The molecule has 0 unspecified atom stereocenters. The number of nitrogens with zero attached hydrogens (tertiary/aromatic N) is 1. The first-order valence-electron chi connectivity index (χ1n) is 4.88. The molecule has 18 heavy (non-hydrogen) atoms. The monoisotopic (exact) mass is 311 g/mol. The number of nitriles is 1. The molecule has 0 N–H and O–H groups in total. The zero-order chi connectivity index (χ0) is 13.3. The van der Waals surface area contributed by atoms with Crippen LogP contribution < -0.4 is 0 Å². The Hall–Kier alpha value is -1.80. The molecule has 90 valence electrons. The second-order valence-electron chi connectivity index (χ2n) is 3.52. The fourth-order valence-electron chi connectivity index (χ4n) is 1.63. The van der Waals surface area contributed by atoms with Crippen molar-refractivity contribution >= 4 is 15.9 Å². The zero-order valence-electron chi connectivity index (χ0n) is 8.85. The SMILES string of the molecule is N#Cc1cc(F)cc(F)c1-c1cccc(Br)c1F. The standard InChI is InChI=1S/C13H5BrF3N/c14-10-3-1-2-9(13(10)17)12-7(6-18)4-8(15)5-11(12)16/h1-5H. The molecule has 0 fully saturated rings. The van der Waals surface area contributed by atoms with Gasteiger partial charge in [-0.05, 0) is 28.1 Å². The molecular formula is C13H5BrF3N. The lowest BCUT2D eigenvalue weighted by Crippen LogP contribution is -1.95. The van der Waals surface area contributed by atoms with Gasteiger partial charge in [0.05, 0.1) is 16.1 Å². The first-order valence-corrected chi connectivity index (χ1v) is 5.67. The quantitative estimate of drug-likeness (QED) is 0.765. The van der Waals surface area contributed by atoms with Crippen LogP contribution in [0.2, 0.25) is 0 Å². The molecule has 0 radical (unpaired) electrons. The largest absolute Gasteiger partial charge is 0.207 e. The predicted octanol–water partition coefficient (Wildman–Crippen LogP) is 4.41. The minimum absolute atomic E-state index is 0.0848. The summed E-state index contributed by atoms with van der Waals surface area (Å²) in [6, 6.07) is 7.44. The summed E-state index contributed by atoms with van der Waals surface area (Å²) in [5, 5.41) is 8.87. The number of hydrogen-bond acceptors (Lipinski definition) is 1. The summed E-state index contributed by atoms with van der Waals surface area (Å²) in [4.78, 5) is 0. The maximum Gasteiger partial charge on any atom is 0.145 e. The van der Waals surface area contributed by atoms with Gasteiger partial charge in [-0.2, -0.15) is 5.26 Å². The highest BCUT2D eigenvalue weighted by atomic mass is 79.9. The summed E-state index contributed by atoms with van der Waals surface area (Å²) in [6.07, 6.45) is 0. The number of benzene rings is 2. The third kappa shape index (κ3) is 2.12. The Morgan fingerprint density at radius 2 is 1.83 bits per heavy atom. The minimum atomic E-state index is -0.969. The van der Waals surface area contributed by atoms with Gasteiger partial charge in [-0.25, -0.2) is 13.2 Å². The number of rotatable bonds is 1. The summed E-state index contributed by atoms with van der Waals surface area (Å²) in [5.74, 6) is -2.54. The van der Waals surface area contributed by atoms with E-state index in [1.54, 1.807) is 6.07 Å². The molecule has 5 heteroatoms. The highest BCUT2D eigenvalue weighted by Gasteiger charge is 2.17. The van der Waals surface area contributed by atoms with Crippen molar-refractivity contribution in [2.45, 2.75) is 0 Å². The Labute approximate surface area is 110 Å². The fourth-order valence-corrected chi connectivity index (χ4v) is 2.00. The molecule has 2 aromatic carbocycles. The average Bonchev–Trinajstić information content (AvgIpc) is 2.32. The summed E-state index contributed by atoms with van der Waals surface area (Å²) in [5.41, 5.74) is -0.569. The van der Waals surface area contributed by atoms with E-state index in [9.17, 15) is 13.2 Å². The Morgan fingerprint density at radius 1 is 1.11 bits per heavy atom. The van der Waals surface area contributed by atoms with Gasteiger partial charge in [-0.15, -0.1) is 0 Å². The molecule has 2 aromatic rings. The van der Waals surface area contributed by atoms with Gasteiger partial charge in [0.25, 0.3) is 0 Å². The van der Waals surface area contributed by atoms with E-state index in [1.165, 1.54) is 18.2 Å². The van der Waals surface area contributed by atoms with Crippen molar-refractivity contribution in [2.24, 2.45) is 0 Å². The lowest BCUT2D eigenvalue weighted by Gasteiger charge is -2.08. The summed E-state index contributed by atoms with van der Waals surface area (Å²) in [7, 11) is 0. The lowest BCUT2D eigenvalue weighted by molar-refractivity contribution is 0.581. The molecule has 0 spiro atoms. The average molecular weight is 312 g/mol. The normalized spacial score (nSPS) is 10.2. The van der Waals surface area contributed by atoms with E-state index in [-0.39, 0.29) is 21.2 Å². The van der Waals surface area contributed by atoms with Crippen LogP contribution in [0.25, 0.3) is 11.1 Å². The fraction of sp³-hybridized carbons (Fsp3) is 0. The van der Waals surface area contributed by atoms with Crippen molar-refractivity contribution in [3.63, 3.8) is 0 Å². The maximum absolute atomic E-state index is 13.9. The van der Waals surface area contributed by atoms with Crippen LogP contribution in [0, 0.1) is 28.8 Å².